The van der Waals surface area contributed by atoms with Crippen LogP contribution in [0.25, 0.3) is 0 Å². The van der Waals surface area contributed by atoms with Crippen molar-refractivity contribution in [3.05, 3.63) is 48.0 Å². The lowest BCUT2D eigenvalue weighted by molar-refractivity contribution is -0.139. The molecule has 2 rings (SSSR count). The van der Waals surface area contributed by atoms with Gasteiger partial charge in [0, 0.05) is 6.42 Å². The summed E-state index contributed by atoms with van der Waals surface area (Å²) in [5.74, 6) is -4.51. The maximum absolute atomic E-state index is 13.1. The first kappa shape index (κ1) is 17.6. The number of carbonyl (C=O) groups excluding carboxylic acids is 1. The first-order valence-corrected chi connectivity index (χ1v) is 7.97. The summed E-state index contributed by atoms with van der Waals surface area (Å²) in [5.41, 5.74) is 1.26. The van der Waals surface area contributed by atoms with Crippen molar-refractivity contribution in [2.45, 2.75) is 50.7 Å². The van der Waals surface area contributed by atoms with Crippen LogP contribution in [0.15, 0.2) is 42.5 Å². The van der Waals surface area contributed by atoms with E-state index in [2.05, 4.69) is 17.4 Å². The molecule has 23 heavy (non-hydrogen) atoms. The fourth-order valence-corrected chi connectivity index (χ4v) is 2.69. The highest BCUT2D eigenvalue weighted by atomic mass is 19.3. The molecular weight excluding hydrogens is 300 g/mol. The van der Waals surface area contributed by atoms with Gasteiger partial charge in [-0.2, -0.15) is 8.78 Å². The predicted octanol–water partition coefficient (Wildman–Crippen LogP) is 3.09. The van der Waals surface area contributed by atoms with Crippen molar-refractivity contribution < 1.29 is 18.7 Å². The molecule has 0 saturated carbocycles. The fraction of sp³-hybridized carbons (Fsp3) is 0.500. The first-order chi connectivity index (χ1) is 10.9. The van der Waals surface area contributed by atoms with Crippen LogP contribution in [0.4, 0.5) is 8.78 Å². The molecule has 3 nitrogen and oxygen atoms in total. The van der Waals surface area contributed by atoms with E-state index in [1.807, 2.05) is 25.1 Å². The van der Waals surface area contributed by atoms with Crippen LogP contribution < -0.4 is 5.32 Å². The Morgan fingerprint density at radius 1 is 1.39 bits per heavy atom. The van der Waals surface area contributed by atoms with E-state index in [1.54, 1.807) is 0 Å². The molecule has 2 N–H and O–H groups in total. The Bertz CT molecular complexity index is 545. The van der Waals surface area contributed by atoms with Gasteiger partial charge in [0.05, 0.1) is 12.1 Å². The van der Waals surface area contributed by atoms with Gasteiger partial charge in [-0.05, 0) is 30.7 Å². The van der Waals surface area contributed by atoms with E-state index in [1.165, 1.54) is 17.7 Å². The quantitative estimate of drug-likeness (QED) is 0.758. The van der Waals surface area contributed by atoms with Crippen molar-refractivity contribution in [1.29, 1.82) is 0 Å². The van der Waals surface area contributed by atoms with E-state index in [9.17, 15) is 18.7 Å². The molecule has 1 aromatic carbocycles. The van der Waals surface area contributed by atoms with Gasteiger partial charge in [-0.15, -0.1) is 0 Å². The van der Waals surface area contributed by atoms with Crippen LogP contribution in [0, 0.1) is 5.92 Å². The van der Waals surface area contributed by atoms with Crippen LogP contribution in [0.3, 0.4) is 0 Å². The first-order valence-electron chi connectivity index (χ1n) is 7.97. The van der Waals surface area contributed by atoms with Crippen LogP contribution in [0.1, 0.15) is 31.7 Å². The molecule has 1 unspecified atom stereocenters. The van der Waals surface area contributed by atoms with Crippen LogP contribution in [0.2, 0.25) is 0 Å². The number of rotatable bonds is 7. The number of carbonyl (C=O) groups is 1. The van der Waals surface area contributed by atoms with E-state index in [4.69, 9.17) is 0 Å². The Morgan fingerprint density at radius 2 is 2.09 bits per heavy atom. The van der Waals surface area contributed by atoms with E-state index in [-0.39, 0.29) is 5.92 Å². The Morgan fingerprint density at radius 3 is 2.70 bits per heavy atom. The number of halogens is 2. The maximum atomic E-state index is 13.1. The lowest BCUT2D eigenvalue weighted by Crippen LogP contribution is -2.30. The van der Waals surface area contributed by atoms with Crippen molar-refractivity contribution in [2.75, 3.05) is 0 Å². The second kappa shape index (κ2) is 7.68. The standard InChI is InChI=1S/C18H23F2NO2/c1-13(6-5-9-14-7-3-2-4-8-14)16(22)11-10-15-12-18(19,20)17(23)21-15/h2-4,7-8,10-11,13,15-16,22H,5-6,9,12H2,1H3,(H,21,23)/b11-10+/t13?,15-,16-/m0/s1. The van der Waals surface area contributed by atoms with Gasteiger partial charge in [0.25, 0.3) is 5.91 Å². The molecule has 1 saturated heterocycles. The molecule has 0 aliphatic carbocycles. The van der Waals surface area contributed by atoms with Gasteiger partial charge in [-0.25, -0.2) is 0 Å². The van der Waals surface area contributed by atoms with Crippen LogP contribution >= 0.6 is 0 Å². The number of aliphatic hydroxyl groups excluding tert-OH is 1. The van der Waals surface area contributed by atoms with E-state index in [0.717, 1.165) is 19.3 Å². The molecule has 0 radical (unpaired) electrons. The van der Waals surface area contributed by atoms with Crippen molar-refractivity contribution in [1.82, 2.24) is 5.32 Å². The summed E-state index contributed by atoms with van der Waals surface area (Å²) >= 11 is 0. The number of alkyl halides is 2. The topological polar surface area (TPSA) is 49.3 Å². The highest BCUT2D eigenvalue weighted by Gasteiger charge is 2.47. The number of aryl methyl sites for hydroxylation is 1. The fourth-order valence-electron chi connectivity index (χ4n) is 2.69. The van der Waals surface area contributed by atoms with Crippen molar-refractivity contribution in [3.8, 4) is 0 Å². The molecule has 1 aromatic rings. The maximum Gasteiger partial charge on any atom is 0.326 e. The summed E-state index contributed by atoms with van der Waals surface area (Å²) in [6.07, 6.45) is 4.49. The second-order valence-corrected chi connectivity index (χ2v) is 6.22. The number of amides is 1. The summed E-state index contributed by atoms with van der Waals surface area (Å²) in [6.45, 7) is 1.93. The van der Waals surface area contributed by atoms with E-state index >= 15 is 0 Å². The van der Waals surface area contributed by atoms with Crippen LogP contribution in [-0.4, -0.2) is 29.1 Å². The van der Waals surface area contributed by atoms with Crippen molar-refractivity contribution >= 4 is 5.91 Å². The third-order valence-electron chi connectivity index (χ3n) is 4.22. The molecule has 1 fully saturated rings. The molecule has 1 aliphatic rings. The smallest absolute Gasteiger partial charge is 0.326 e. The monoisotopic (exact) mass is 323 g/mol. The van der Waals surface area contributed by atoms with Gasteiger partial charge in [-0.1, -0.05) is 49.4 Å². The highest BCUT2D eigenvalue weighted by Crippen LogP contribution is 2.27. The zero-order chi connectivity index (χ0) is 16.9. The molecular formula is C18H23F2NO2. The van der Waals surface area contributed by atoms with Crippen molar-refractivity contribution in [2.24, 2.45) is 5.92 Å². The normalized spacial score (nSPS) is 23.0. The Hall–Kier alpha value is -1.75. The Kier molecular flexibility index (Phi) is 5.88. The molecule has 3 atom stereocenters. The van der Waals surface area contributed by atoms with Gasteiger partial charge in [0.2, 0.25) is 0 Å². The molecule has 0 aromatic heterocycles. The lowest BCUT2D eigenvalue weighted by atomic mass is 9.95. The zero-order valence-corrected chi connectivity index (χ0v) is 13.2. The SMILES string of the molecule is CC(CCCc1ccccc1)[C@@H](O)/C=C/[C@H]1CC(F)(F)C(=O)N1. The van der Waals surface area contributed by atoms with Crippen molar-refractivity contribution in [3.63, 3.8) is 0 Å². The number of benzene rings is 1. The summed E-state index contributed by atoms with van der Waals surface area (Å²) in [6, 6.07) is 9.42. The summed E-state index contributed by atoms with van der Waals surface area (Å²) in [4.78, 5) is 11.0. The van der Waals surface area contributed by atoms with Gasteiger partial charge >= 0.3 is 5.92 Å². The molecule has 126 valence electrons. The Balaban J connectivity index is 1.73. The minimum Gasteiger partial charge on any atom is -0.389 e. The van der Waals surface area contributed by atoms with E-state index in [0.29, 0.717) is 0 Å². The van der Waals surface area contributed by atoms with Gasteiger partial charge in [-0.3, -0.25) is 4.79 Å². The third-order valence-corrected chi connectivity index (χ3v) is 4.22. The Labute approximate surface area is 135 Å². The minimum absolute atomic E-state index is 0.0348. The zero-order valence-electron chi connectivity index (χ0n) is 13.2. The largest absolute Gasteiger partial charge is 0.389 e. The molecule has 0 spiro atoms. The molecule has 1 amide bonds. The molecule has 1 heterocycles. The minimum atomic E-state index is -3.30. The predicted molar refractivity (Wildman–Crippen MR) is 85.2 cm³/mol. The molecule has 5 heteroatoms. The summed E-state index contributed by atoms with van der Waals surface area (Å²) in [7, 11) is 0. The average molecular weight is 323 g/mol. The number of hydrogen-bond acceptors (Lipinski definition) is 2. The number of nitrogens with one attached hydrogen (secondary N) is 1. The van der Waals surface area contributed by atoms with Crippen LogP contribution in [0.5, 0.6) is 0 Å². The average Bonchev–Trinajstić information content (AvgIpc) is 2.78. The lowest BCUT2D eigenvalue weighted by Gasteiger charge is -2.16. The van der Waals surface area contributed by atoms with E-state index < -0.39 is 30.4 Å². The summed E-state index contributed by atoms with van der Waals surface area (Å²) < 4.78 is 26.2. The molecule has 1 aliphatic heterocycles. The van der Waals surface area contributed by atoms with Crippen LogP contribution in [-0.2, 0) is 11.2 Å². The highest BCUT2D eigenvalue weighted by molar-refractivity contribution is 5.86. The van der Waals surface area contributed by atoms with Gasteiger partial charge < -0.3 is 10.4 Å². The second-order valence-electron chi connectivity index (χ2n) is 6.22. The number of aliphatic hydroxyl groups is 1. The summed E-state index contributed by atoms with van der Waals surface area (Å²) in [5, 5.41) is 12.3. The van der Waals surface area contributed by atoms with Gasteiger partial charge in [0.1, 0.15) is 0 Å². The van der Waals surface area contributed by atoms with Gasteiger partial charge in [0.15, 0.2) is 0 Å². The number of hydrogen-bond donors (Lipinski definition) is 2. The molecule has 0 bridgehead atoms. The third kappa shape index (κ3) is 5.13.